The highest BCUT2D eigenvalue weighted by molar-refractivity contribution is 4.98. The number of hydrogen-bond acceptors (Lipinski definition) is 2. The molecule has 2 aliphatic rings. The number of methoxy groups -OCH3 is 1. The third-order valence-corrected chi connectivity index (χ3v) is 5.72. The molecular formula is C18H35NO. The molecule has 0 aliphatic heterocycles. The Balaban J connectivity index is 2.14. The maximum absolute atomic E-state index is 6.21. The topological polar surface area (TPSA) is 21.3 Å². The first-order chi connectivity index (χ1) is 9.82. The van der Waals surface area contributed by atoms with Gasteiger partial charge in [-0.2, -0.15) is 0 Å². The van der Waals surface area contributed by atoms with Gasteiger partial charge in [-0.15, -0.1) is 0 Å². The Morgan fingerprint density at radius 1 is 0.950 bits per heavy atom. The largest absolute Gasteiger partial charge is 0.377 e. The lowest BCUT2D eigenvalue weighted by molar-refractivity contribution is -0.0693. The molecule has 1 atom stereocenters. The summed E-state index contributed by atoms with van der Waals surface area (Å²) in [7, 11) is 1.96. The van der Waals surface area contributed by atoms with Crippen LogP contribution in [0.4, 0.5) is 0 Å². The van der Waals surface area contributed by atoms with Crippen LogP contribution in [0.3, 0.4) is 0 Å². The van der Waals surface area contributed by atoms with Crippen LogP contribution >= 0.6 is 0 Å². The van der Waals surface area contributed by atoms with Crippen LogP contribution in [0, 0.1) is 5.92 Å². The number of ether oxygens (including phenoxy) is 1. The molecule has 0 bridgehead atoms. The Morgan fingerprint density at radius 2 is 1.50 bits per heavy atom. The van der Waals surface area contributed by atoms with Crippen LogP contribution in [0.5, 0.6) is 0 Å². The molecule has 20 heavy (non-hydrogen) atoms. The summed E-state index contributed by atoms with van der Waals surface area (Å²) in [5.41, 5.74) is 0.113. The molecule has 2 aliphatic carbocycles. The molecule has 2 nitrogen and oxygen atoms in total. The fraction of sp³-hybridized carbons (Fsp3) is 1.00. The van der Waals surface area contributed by atoms with Gasteiger partial charge >= 0.3 is 0 Å². The first kappa shape index (κ1) is 16.3. The van der Waals surface area contributed by atoms with Gasteiger partial charge in [-0.05, 0) is 38.1 Å². The maximum atomic E-state index is 6.21. The molecule has 118 valence electrons. The van der Waals surface area contributed by atoms with E-state index in [-0.39, 0.29) is 5.60 Å². The van der Waals surface area contributed by atoms with E-state index in [0.29, 0.717) is 6.04 Å². The van der Waals surface area contributed by atoms with Gasteiger partial charge in [0.15, 0.2) is 0 Å². The zero-order valence-corrected chi connectivity index (χ0v) is 13.8. The Labute approximate surface area is 126 Å². The minimum absolute atomic E-state index is 0.113. The number of hydrogen-bond donors (Lipinski definition) is 1. The minimum atomic E-state index is 0.113. The summed E-state index contributed by atoms with van der Waals surface area (Å²) in [6.07, 6.45) is 16.6. The van der Waals surface area contributed by atoms with Crippen LogP contribution in [0.2, 0.25) is 0 Å². The Kier molecular flexibility index (Phi) is 6.83. The van der Waals surface area contributed by atoms with Crippen molar-refractivity contribution in [2.45, 2.75) is 95.6 Å². The van der Waals surface area contributed by atoms with Gasteiger partial charge in [0.1, 0.15) is 0 Å². The fourth-order valence-electron chi connectivity index (χ4n) is 4.62. The van der Waals surface area contributed by atoms with Crippen LogP contribution < -0.4 is 5.32 Å². The molecule has 0 amide bonds. The highest BCUT2D eigenvalue weighted by Crippen LogP contribution is 2.39. The molecule has 2 rings (SSSR count). The van der Waals surface area contributed by atoms with E-state index in [1.54, 1.807) is 0 Å². The molecule has 0 radical (unpaired) electrons. The van der Waals surface area contributed by atoms with E-state index >= 15 is 0 Å². The first-order valence-electron chi connectivity index (χ1n) is 9.11. The third kappa shape index (κ3) is 3.98. The lowest BCUT2D eigenvalue weighted by Crippen LogP contribution is -2.55. The average Bonchev–Trinajstić information content (AvgIpc) is 2.88. The summed E-state index contributed by atoms with van der Waals surface area (Å²) in [5, 5.41) is 3.84. The van der Waals surface area contributed by atoms with Gasteiger partial charge in [0.25, 0.3) is 0 Å². The molecule has 0 aromatic carbocycles. The summed E-state index contributed by atoms with van der Waals surface area (Å²) >= 11 is 0. The smallest absolute Gasteiger partial charge is 0.0833 e. The van der Waals surface area contributed by atoms with Crippen LogP contribution in [0.1, 0.15) is 84.0 Å². The summed E-state index contributed by atoms with van der Waals surface area (Å²) in [6, 6.07) is 0.577. The van der Waals surface area contributed by atoms with Crippen LogP contribution in [0.25, 0.3) is 0 Å². The lowest BCUT2D eigenvalue weighted by Gasteiger charge is -2.44. The summed E-state index contributed by atoms with van der Waals surface area (Å²) in [5.74, 6) is 0.829. The van der Waals surface area contributed by atoms with Gasteiger partial charge in [0.05, 0.1) is 5.60 Å². The second-order valence-corrected chi connectivity index (χ2v) is 6.97. The monoisotopic (exact) mass is 281 g/mol. The van der Waals surface area contributed by atoms with E-state index < -0.39 is 0 Å². The van der Waals surface area contributed by atoms with Crippen molar-refractivity contribution >= 4 is 0 Å². The van der Waals surface area contributed by atoms with Crippen molar-refractivity contribution in [3.05, 3.63) is 0 Å². The third-order valence-electron chi connectivity index (χ3n) is 5.72. The molecule has 1 N–H and O–H groups in total. The molecule has 0 aromatic rings. The first-order valence-corrected chi connectivity index (χ1v) is 9.11. The van der Waals surface area contributed by atoms with Crippen molar-refractivity contribution in [3.8, 4) is 0 Å². The molecule has 0 heterocycles. The van der Waals surface area contributed by atoms with Crippen LogP contribution in [-0.2, 0) is 4.74 Å². The van der Waals surface area contributed by atoms with Gasteiger partial charge in [0.2, 0.25) is 0 Å². The fourth-order valence-corrected chi connectivity index (χ4v) is 4.62. The van der Waals surface area contributed by atoms with E-state index in [4.69, 9.17) is 4.74 Å². The second-order valence-electron chi connectivity index (χ2n) is 6.97. The van der Waals surface area contributed by atoms with E-state index in [2.05, 4.69) is 12.2 Å². The van der Waals surface area contributed by atoms with E-state index in [1.807, 2.05) is 7.11 Å². The zero-order valence-electron chi connectivity index (χ0n) is 13.8. The van der Waals surface area contributed by atoms with Gasteiger partial charge in [-0.1, -0.05) is 58.3 Å². The molecule has 0 aromatic heterocycles. The number of likely N-dealkylation sites (N-methyl/N-ethyl adjacent to an activating group) is 1. The summed E-state index contributed by atoms with van der Waals surface area (Å²) in [4.78, 5) is 0. The van der Waals surface area contributed by atoms with Crippen LogP contribution in [0.15, 0.2) is 0 Å². The Bertz CT molecular complexity index is 250. The number of rotatable bonds is 5. The van der Waals surface area contributed by atoms with Gasteiger partial charge in [-0.25, -0.2) is 0 Å². The highest BCUT2D eigenvalue weighted by Gasteiger charge is 2.42. The lowest BCUT2D eigenvalue weighted by atomic mass is 9.76. The van der Waals surface area contributed by atoms with Gasteiger partial charge in [0, 0.05) is 13.2 Å². The SMILES string of the molecule is CCNC(C1CCCCCC1)C1(OC)CCCCCC1. The van der Waals surface area contributed by atoms with Crippen molar-refractivity contribution in [3.63, 3.8) is 0 Å². The van der Waals surface area contributed by atoms with Gasteiger partial charge in [-0.3, -0.25) is 0 Å². The second kappa shape index (κ2) is 8.38. The zero-order chi connectivity index (χ0) is 14.3. The summed E-state index contributed by atoms with van der Waals surface area (Å²) in [6.45, 7) is 3.33. The molecular weight excluding hydrogens is 246 g/mol. The molecule has 0 spiro atoms. The van der Waals surface area contributed by atoms with Gasteiger partial charge < -0.3 is 10.1 Å². The van der Waals surface area contributed by atoms with Crippen molar-refractivity contribution < 1.29 is 4.74 Å². The summed E-state index contributed by atoms with van der Waals surface area (Å²) < 4.78 is 6.21. The van der Waals surface area contributed by atoms with E-state index in [1.165, 1.54) is 77.0 Å². The average molecular weight is 281 g/mol. The van der Waals surface area contributed by atoms with Crippen molar-refractivity contribution in [2.75, 3.05) is 13.7 Å². The molecule has 0 saturated heterocycles. The Hall–Kier alpha value is -0.0800. The molecule has 2 heteroatoms. The quantitative estimate of drug-likeness (QED) is 0.739. The molecule has 2 saturated carbocycles. The normalized spacial score (nSPS) is 26.7. The van der Waals surface area contributed by atoms with Crippen LogP contribution in [-0.4, -0.2) is 25.3 Å². The van der Waals surface area contributed by atoms with Crippen molar-refractivity contribution in [2.24, 2.45) is 5.92 Å². The van der Waals surface area contributed by atoms with Crippen molar-refractivity contribution in [1.82, 2.24) is 5.32 Å². The predicted molar refractivity (Wildman–Crippen MR) is 86.1 cm³/mol. The van der Waals surface area contributed by atoms with E-state index in [0.717, 1.165) is 12.5 Å². The molecule has 1 unspecified atom stereocenters. The Morgan fingerprint density at radius 3 is 2.00 bits per heavy atom. The number of nitrogens with one attached hydrogen (secondary N) is 1. The van der Waals surface area contributed by atoms with E-state index in [9.17, 15) is 0 Å². The standard InChI is InChI=1S/C18H35NO/c1-3-19-17(16-12-8-4-5-9-13-16)18(20-2)14-10-6-7-11-15-18/h16-17,19H,3-15H2,1-2H3. The minimum Gasteiger partial charge on any atom is -0.377 e. The highest BCUT2D eigenvalue weighted by atomic mass is 16.5. The van der Waals surface area contributed by atoms with Crippen molar-refractivity contribution in [1.29, 1.82) is 0 Å². The molecule has 2 fully saturated rings. The predicted octanol–water partition coefficient (Wildman–Crippen LogP) is 4.67. The maximum Gasteiger partial charge on any atom is 0.0833 e.